The van der Waals surface area contributed by atoms with Gasteiger partial charge < -0.3 is 5.73 Å². The Morgan fingerprint density at radius 1 is 1.03 bits per heavy atom. The molecule has 0 aliphatic carbocycles. The molecular formula is C21H26N4O4. The summed E-state index contributed by atoms with van der Waals surface area (Å²) in [4.78, 5) is 52.1. The number of nitrogens with zero attached hydrogens (tertiary/aromatic N) is 3. The van der Waals surface area contributed by atoms with Crippen molar-refractivity contribution in [3.63, 3.8) is 0 Å². The molecule has 8 heteroatoms. The molecule has 2 heterocycles. The highest BCUT2D eigenvalue weighted by Crippen LogP contribution is 2.24. The normalized spacial score (nSPS) is 16.5. The van der Waals surface area contributed by atoms with Crippen LogP contribution in [0.4, 0.5) is 5.82 Å². The first kappa shape index (κ1) is 20.7. The monoisotopic (exact) mass is 398 g/mol. The van der Waals surface area contributed by atoms with Gasteiger partial charge in [0, 0.05) is 25.6 Å². The van der Waals surface area contributed by atoms with E-state index in [-0.39, 0.29) is 23.1 Å². The molecule has 0 spiro atoms. The van der Waals surface area contributed by atoms with Crippen molar-refractivity contribution in [2.45, 2.75) is 25.8 Å². The molecule has 3 rings (SSSR count). The van der Waals surface area contributed by atoms with Crippen molar-refractivity contribution in [2.24, 2.45) is 20.0 Å². The Morgan fingerprint density at radius 2 is 1.62 bits per heavy atom. The maximum atomic E-state index is 13.0. The van der Waals surface area contributed by atoms with Gasteiger partial charge >= 0.3 is 5.69 Å². The number of carbonyl (C=O) groups is 2. The fraction of sp³-hybridized carbons (Fsp3) is 0.429. The predicted molar refractivity (Wildman–Crippen MR) is 110 cm³/mol. The molecule has 2 N–H and O–H groups in total. The first-order valence-corrected chi connectivity index (χ1v) is 9.67. The molecule has 8 nitrogen and oxygen atoms in total. The van der Waals surface area contributed by atoms with Gasteiger partial charge in [-0.2, -0.15) is 0 Å². The summed E-state index contributed by atoms with van der Waals surface area (Å²) in [6.07, 6.45) is 1.29. The van der Waals surface area contributed by atoms with Gasteiger partial charge in [0.2, 0.25) is 0 Å². The van der Waals surface area contributed by atoms with E-state index in [1.165, 1.54) is 14.1 Å². The number of piperidine rings is 1. The van der Waals surface area contributed by atoms with Crippen LogP contribution in [0.1, 0.15) is 40.5 Å². The molecule has 0 saturated carbocycles. The number of hydrogen-bond donors (Lipinski definition) is 1. The third kappa shape index (κ3) is 3.80. The van der Waals surface area contributed by atoms with E-state index in [9.17, 15) is 19.2 Å². The smallest absolute Gasteiger partial charge is 0.332 e. The van der Waals surface area contributed by atoms with Crippen molar-refractivity contribution in [3.05, 3.63) is 62.3 Å². The van der Waals surface area contributed by atoms with Crippen LogP contribution in [0.25, 0.3) is 0 Å². The van der Waals surface area contributed by atoms with Gasteiger partial charge in [-0.15, -0.1) is 0 Å². The van der Waals surface area contributed by atoms with E-state index < -0.39 is 23.1 Å². The lowest BCUT2D eigenvalue weighted by molar-refractivity contribution is 0.0712. The summed E-state index contributed by atoms with van der Waals surface area (Å²) in [6, 6.07) is 8.64. The maximum Gasteiger partial charge on any atom is 0.332 e. The van der Waals surface area contributed by atoms with Crippen LogP contribution in [0, 0.1) is 5.92 Å². The number of benzene rings is 1. The molecule has 0 unspecified atom stereocenters. The number of ketones is 2. The molecule has 0 radical (unpaired) electrons. The van der Waals surface area contributed by atoms with Gasteiger partial charge in [-0.3, -0.25) is 28.4 Å². The molecule has 1 aliphatic rings. The number of hydrogen-bond acceptors (Lipinski definition) is 6. The van der Waals surface area contributed by atoms with E-state index in [1.807, 2.05) is 35.2 Å². The van der Waals surface area contributed by atoms with Gasteiger partial charge in [0.15, 0.2) is 11.6 Å². The molecular weight excluding hydrogens is 372 g/mol. The molecule has 29 heavy (non-hydrogen) atoms. The second kappa shape index (κ2) is 8.16. The Balaban J connectivity index is 1.74. The first-order valence-electron chi connectivity index (χ1n) is 9.67. The Kier molecular flexibility index (Phi) is 5.83. The van der Waals surface area contributed by atoms with Crippen molar-refractivity contribution < 1.29 is 9.59 Å². The Hall–Kier alpha value is -3.00. The molecule has 154 valence electrons. The molecule has 0 amide bonds. The number of Topliss-reactive ketones (excluding diaryl/α,β-unsaturated/α-hetero) is 2. The van der Waals surface area contributed by atoms with E-state index in [0.717, 1.165) is 9.13 Å². The van der Waals surface area contributed by atoms with Crippen LogP contribution in [-0.2, 0) is 14.1 Å². The third-order valence-corrected chi connectivity index (χ3v) is 5.84. The number of anilines is 1. The lowest BCUT2D eigenvalue weighted by atomic mass is 9.88. The van der Waals surface area contributed by atoms with Crippen molar-refractivity contribution >= 4 is 17.4 Å². The second-order valence-corrected chi connectivity index (χ2v) is 7.55. The van der Waals surface area contributed by atoms with Gasteiger partial charge in [0.1, 0.15) is 11.4 Å². The van der Waals surface area contributed by atoms with Crippen LogP contribution in [-0.4, -0.2) is 44.7 Å². The summed E-state index contributed by atoms with van der Waals surface area (Å²) in [5, 5.41) is 0. The fourth-order valence-corrected chi connectivity index (χ4v) is 3.85. The van der Waals surface area contributed by atoms with E-state index in [0.29, 0.717) is 31.5 Å². The molecule has 1 aromatic carbocycles. The number of rotatable bonds is 5. The van der Waals surface area contributed by atoms with Crippen LogP contribution in [0.3, 0.4) is 0 Å². The summed E-state index contributed by atoms with van der Waals surface area (Å²) in [7, 11) is 2.76. The average molecular weight is 398 g/mol. The minimum absolute atomic E-state index is 0.0774. The largest absolute Gasteiger partial charge is 0.384 e. The SMILES string of the molecule is C[C@H](C(=O)c1c(N)n(C)c(=O)n(C)c1=O)N1CCC(C(=O)c2ccccc2)CC1. The summed E-state index contributed by atoms with van der Waals surface area (Å²) in [5.41, 5.74) is 5.20. The highest BCUT2D eigenvalue weighted by atomic mass is 16.2. The highest BCUT2D eigenvalue weighted by Gasteiger charge is 2.32. The van der Waals surface area contributed by atoms with Crippen molar-refractivity contribution in [1.82, 2.24) is 14.0 Å². The molecule has 0 bridgehead atoms. The Bertz CT molecular complexity index is 1050. The van der Waals surface area contributed by atoms with Gasteiger partial charge in [-0.25, -0.2) is 4.79 Å². The van der Waals surface area contributed by atoms with Crippen molar-refractivity contribution in [2.75, 3.05) is 18.8 Å². The highest BCUT2D eigenvalue weighted by molar-refractivity contribution is 6.03. The van der Waals surface area contributed by atoms with Crippen LogP contribution in [0.15, 0.2) is 39.9 Å². The summed E-state index contributed by atoms with van der Waals surface area (Å²) in [6.45, 7) is 2.87. The van der Waals surface area contributed by atoms with Gasteiger partial charge in [0.25, 0.3) is 5.56 Å². The minimum atomic E-state index is -0.684. The number of likely N-dealkylation sites (tertiary alicyclic amines) is 1. The third-order valence-electron chi connectivity index (χ3n) is 5.84. The minimum Gasteiger partial charge on any atom is -0.384 e. The van der Waals surface area contributed by atoms with Gasteiger partial charge in [-0.05, 0) is 32.9 Å². The maximum absolute atomic E-state index is 13.0. The molecule has 1 aliphatic heterocycles. The standard InChI is InChI=1S/C21H26N4O4/c1-13(17(26)16-19(22)23(2)21(29)24(3)20(16)28)25-11-9-15(10-12-25)18(27)14-7-5-4-6-8-14/h4-8,13,15H,9-12,22H2,1-3H3/t13-/m1/s1. The Labute approximate surface area is 168 Å². The van der Waals surface area contributed by atoms with Crippen LogP contribution < -0.4 is 17.0 Å². The average Bonchev–Trinajstić information content (AvgIpc) is 2.76. The summed E-state index contributed by atoms with van der Waals surface area (Å²) in [5.74, 6) is -0.484. The van der Waals surface area contributed by atoms with Crippen molar-refractivity contribution in [3.8, 4) is 0 Å². The quantitative estimate of drug-likeness (QED) is 0.748. The zero-order valence-corrected chi connectivity index (χ0v) is 16.9. The van der Waals surface area contributed by atoms with Crippen LogP contribution >= 0.6 is 0 Å². The molecule has 1 saturated heterocycles. The number of nitrogens with two attached hydrogens (primary N) is 1. The van der Waals surface area contributed by atoms with Crippen molar-refractivity contribution in [1.29, 1.82) is 0 Å². The lowest BCUT2D eigenvalue weighted by Gasteiger charge is -2.35. The zero-order chi connectivity index (χ0) is 21.3. The molecule has 1 fully saturated rings. The topological polar surface area (TPSA) is 107 Å². The van der Waals surface area contributed by atoms with Crippen LogP contribution in [0.2, 0.25) is 0 Å². The number of nitrogen functional groups attached to an aromatic ring is 1. The number of aromatic nitrogens is 2. The fourth-order valence-electron chi connectivity index (χ4n) is 3.85. The Morgan fingerprint density at radius 3 is 2.21 bits per heavy atom. The predicted octanol–water partition coefficient (Wildman–Crippen LogP) is 0.832. The van der Waals surface area contributed by atoms with Gasteiger partial charge in [0.05, 0.1) is 6.04 Å². The van der Waals surface area contributed by atoms with Gasteiger partial charge in [-0.1, -0.05) is 30.3 Å². The van der Waals surface area contributed by atoms with Crippen LogP contribution in [0.5, 0.6) is 0 Å². The first-order chi connectivity index (χ1) is 13.7. The van der Waals surface area contributed by atoms with E-state index >= 15 is 0 Å². The lowest BCUT2D eigenvalue weighted by Crippen LogP contribution is -2.48. The summed E-state index contributed by atoms with van der Waals surface area (Å²) >= 11 is 0. The zero-order valence-electron chi connectivity index (χ0n) is 16.9. The van der Waals surface area contributed by atoms with E-state index in [4.69, 9.17) is 5.73 Å². The van der Waals surface area contributed by atoms with E-state index in [2.05, 4.69) is 0 Å². The summed E-state index contributed by atoms with van der Waals surface area (Å²) < 4.78 is 1.99. The second-order valence-electron chi connectivity index (χ2n) is 7.55. The number of carbonyl (C=O) groups excluding carboxylic acids is 2. The molecule has 1 atom stereocenters. The van der Waals surface area contributed by atoms with E-state index in [1.54, 1.807) is 6.92 Å². The molecule has 2 aromatic rings. The molecule has 1 aromatic heterocycles.